The summed E-state index contributed by atoms with van der Waals surface area (Å²) in [5, 5.41) is 9.43. The Kier molecular flexibility index (Phi) is 2.65. The predicted octanol–water partition coefficient (Wildman–Crippen LogP) is -2.85. The van der Waals surface area contributed by atoms with Gasteiger partial charge in [-0.05, 0) is 0 Å². The van der Waals surface area contributed by atoms with Crippen molar-refractivity contribution in [2.45, 2.75) is 0 Å². The maximum atomic E-state index is 10.9. The predicted molar refractivity (Wildman–Crippen MR) is 48.3 cm³/mol. The van der Waals surface area contributed by atoms with Gasteiger partial charge in [0, 0.05) is 0 Å². The van der Waals surface area contributed by atoms with Crippen molar-refractivity contribution >= 4 is 23.7 Å². The second-order valence-corrected chi connectivity index (χ2v) is 2.69. The Hall–Kier alpha value is -2.12. The van der Waals surface area contributed by atoms with E-state index in [9.17, 15) is 9.59 Å². The van der Waals surface area contributed by atoms with Crippen molar-refractivity contribution in [2.75, 3.05) is 13.1 Å². The zero-order chi connectivity index (χ0) is 10.7. The second-order valence-electron chi connectivity index (χ2n) is 2.69. The van der Waals surface area contributed by atoms with Gasteiger partial charge in [-0.1, -0.05) is 0 Å². The van der Waals surface area contributed by atoms with Crippen LogP contribution in [0.15, 0.2) is 4.99 Å². The molecule has 14 heavy (non-hydrogen) atoms. The first kappa shape index (κ1) is 9.96. The molecule has 76 valence electrons. The highest BCUT2D eigenvalue weighted by Crippen LogP contribution is 1.96. The van der Waals surface area contributed by atoms with Crippen LogP contribution < -0.4 is 16.8 Å². The first-order chi connectivity index (χ1) is 6.49. The first-order valence-corrected chi connectivity index (χ1v) is 3.75. The lowest BCUT2D eigenvalue weighted by Crippen LogP contribution is -2.53. The molecule has 2 amide bonds. The minimum atomic E-state index is -0.475. The van der Waals surface area contributed by atoms with Gasteiger partial charge in [-0.15, -0.1) is 0 Å². The fourth-order valence-electron chi connectivity index (χ4n) is 0.980. The molecule has 0 saturated carbocycles. The fourth-order valence-corrected chi connectivity index (χ4v) is 0.980. The molecule has 0 aromatic rings. The van der Waals surface area contributed by atoms with Crippen LogP contribution >= 0.6 is 0 Å². The molecule has 0 spiro atoms. The molecule has 0 bridgehead atoms. The zero-order valence-electron chi connectivity index (χ0n) is 7.28. The van der Waals surface area contributed by atoms with Crippen LogP contribution in [0.4, 0.5) is 0 Å². The molecule has 1 aliphatic heterocycles. The van der Waals surface area contributed by atoms with Gasteiger partial charge in [0.15, 0.2) is 5.96 Å². The summed E-state index contributed by atoms with van der Waals surface area (Å²) in [7, 11) is 0. The number of hydrogen-bond acceptors (Lipinski definition) is 3. The number of rotatable bonds is 0. The normalized spacial score (nSPS) is 16.1. The summed E-state index contributed by atoms with van der Waals surface area (Å²) >= 11 is 0. The quantitative estimate of drug-likeness (QED) is 0.188. The molecule has 0 radical (unpaired) electrons. The zero-order valence-corrected chi connectivity index (χ0v) is 7.28. The van der Waals surface area contributed by atoms with Crippen LogP contribution in [0.5, 0.6) is 0 Å². The van der Waals surface area contributed by atoms with Crippen molar-refractivity contribution in [1.29, 1.82) is 5.41 Å². The standard InChI is InChI=1S/C6H10N6O2/c7-5(8)11-6(9)12-1-3(13)10-4(14)2-12/h1-2H2,(H,10,13,14)(H5,7,8,9,11). The third kappa shape index (κ3) is 2.44. The highest BCUT2D eigenvalue weighted by molar-refractivity contribution is 6.03. The summed E-state index contributed by atoms with van der Waals surface area (Å²) in [5.74, 6) is -1.53. The number of imide groups is 1. The lowest BCUT2D eigenvalue weighted by Gasteiger charge is -2.25. The van der Waals surface area contributed by atoms with Gasteiger partial charge >= 0.3 is 0 Å². The van der Waals surface area contributed by atoms with E-state index in [4.69, 9.17) is 16.9 Å². The third-order valence-electron chi connectivity index (χ3n) is 1.48. The number of nitrogens with zero attached hydrogens (tertiary/aromatic N) is 2. The van der Waals surface area contributed by atoms with E-state index in [-0.39, 0.29) is 25.0 Å². The lowest BCUT2D eigenvalue weighted by atomic mass is 10.3. The smallest absolute Gasteiger partial charge is 0.246 e. The molecule has 1 saturated heterocycles. The van der Waals surface area contributed by atoms with E-state index in [2.05, 4.69) is 10.3 Å². The summed E-state index contributed by atoms with van der Waals surface area (Å²) < 4.78 is 0. The molecule has 8 nitrogen and oxygen atoms in total. The Morgan fingerprint density at radius 2 is 1.86 bits per heavy atom. The molecule has 6 N–H and O–H groups in total. The second kappa shape index (κ2) is 3.73. The molecule has 0 unspecified atom stereocenters. The van der Waals surface area contributed by atoms with Crippen LogP contribution in [0.1, 0.15) is 0 Å². The lowest BCUT2D eigenvalue weighted by molar-refractivity contribution is -0.134. The van der Waals surface area contributed by atoms with Crippen LogP contribution in [0, 0.1) is 5.41 Å². The summed E-state index contributed by atoms with van der Waals surface area (Å²) in [6, 6.07) is 0. The van der Waals surface area contributed by atoms with Crippen LogP contribution in [-0.4, -0.2) is 41.7 Å². The number of nitrogens with one attached hydrogen (secondary N) is 2. The van der Waals surface area contributed by atoms with Crippen LogP contribution in [-0.2, 0) is 9.59 Å². The Morgan fingerprint density at radius 1 is 1.36 bits per heavy atom. The van der Waals surface area contributed by atoms with Gasteiger partial charge in [-0.2, -0.15) is 4.99 Å². The maximum absolute atomic E-state index is 10.9. The van der Waals surface area contributed by atoms with E-state index < -0.39 is 11.8 Å². The molecule has 0 atom stereocenters. The highest BCUT2D eigenvalue weighted by atomic mass is 16.2. The van der Waals surface area contributed by atoms with Crippen molar-refractivity contribution in [1.82, 2.24) is 10.2 Å². The van der Waals surface area contributed by atoms with E-state index in [1.54, 1.807) is 0 Å². The Balaban J connectivity index is 2.69. The number of guanidine groups is 2. The number of carbonyl (C=O) groups excluding carboxylic acids is 2. The van der Waals surface area contributed by atoms with Gasteiger partial charge < -0.3 is 16.4 Å². The van der Waals surface area contributed by atoms with E-state index >= 15 is 0 Å². The van der Waals surface area contributed by atoms with Crippen molar-refractivity contribution < 1.29 is 9.59 Å². The Bertz CT molecular complexity index is 302. The van der Waals surface area contributed by atoms with E-state index in [0.717, 1.165) is 0 Å². The first-order valence-electron chi connectivity index (χ1n) is 3.75. The summed E-state index contributed by atoms with van der Waals surface area (Å²) in [6.07, 6.45) is 0. The monoisotopic (exact) mass is 198 g/mol. The molecular formula is C6H10N6O2. The molecule has 1 heterocycles. The van der Waals surface area contributed by atoms with Gasteiger partial charge in [0.2, 0.25) is 17.8 Å². The SMILES string of the molecule is N=C(N=C(N)N)N1CC(=O)NC(=O)C1. The van der Waals surface area contributed by atoms with Crippen LogP contribution in [0.2, 0.25) is 0 Å². The van der Waals surface area contributed by atoms with Crippen LogP contribution in [0.3, 0.4) is 0 Å². The van der Waals surface area contributed by atoms with Crippen LogP contribution in [0.25, 0.3) is 0 Å². The van der Waals surface area contributed by atoms with E-state index in [1.807, 2.05) is 0 Å². The molecule has 0 aromatic carbocycles. The van der Waals surface area contributed by atoms with Gasteiger partial charge in [0.1, 0.15) is 13.1 Å². The molecule has 8 heteroatoms. The molecule has 1 rings (SSSR count). The van der Waals surface area contributed by atoms with Gasteiger partial charge in [0.25, 0.3) is 0 Å². The summed E-state index contributed by atoms with van der Waals surface area (Å²) in [4.78, 5) is 26.4. The maximum Gasteiger partial charge on any atom is 0.246 e. The van der Waals surface area contributed by atoms with Crippen molar-refractivity contribution in [3.63, 3.8) is 0 Å². The minimum absolute atomic E-state index is 0.0959. The summed E-state index contributed by atoms with van der Waals surface area (Å²) in [6.45, 7) is -0.192. The number of nitrogens with two attached hydrogens (primary N) is 2. The Labute approximate surface area is 79.5 Å². The number of aliphatic imine (C=N–C) groups is 1. The highest BCUT2D eigenvalue weighted by Gasteiger charge is 2.24. The summed E-state index contributed by atoms with van der Waals surface area (Å²) in [5.41, 5.74) is 10.1. The number of amides is 2. The molecule has 1 fully saturated rings. The average molecular weight is 198 g/mol. The molecule has 0 aromatic heterocycles. The molecular weight excluding hydrogens is 188 g/mol. The minimum Gasteiger partial charge on any atom is -0.370 e. The third-order valence-corrected chi connectivity index (χ3v) is 1.48. The largest absolute Gasteiger partial charge is 0.370 e. The average Bonchev–Trinajstić information content (AvgIpc) is 2.00. The van der Waals surface area contributed by atoms with E-state index in [0.29, 0.717) is 0 Å². The van der Waals surface area contributed by atoms with Crippen molar-refractivity contribution in [2.24, 2.45) is 16.5 Å². The van der Waals surface area contributed by atoms with Gasteiger partial charge in [-0.3, -0.25) is 20.3 Å². The number of piperazine rings is 1. The molecule has 1 aliphatic rings. The molecule has 0 aliphatic carbocycles. The number of carbonyl (C=O) groups is 2. The fraction of sp³-hybridized carbons (Fsp3) is 0.333. The Morgan fingerprint density at radius 3 is 2.29 bits per heavy atom. The topological polar surface area (TPSA) is 138 Å². The van der Waals surface area contributed by atoms with E-state index in [1.165, 1.54) is 4.90 Å². The van der Waals surface area contributed by atoms with Gasteiger partial charge in [-0.25, -0.2) is 0 Å². The number of hydrogen-bond donors (Lipinski definition) is 4. The van der Waals surface area contributed by atoms with Crippen molar-refractivity contribution in [3.05, 3.63) is 0 Å². The van der Waals surface area contributed by atoms with Crippen molar-refractivity contribution in [3.8, 4) is 0 Å². The van der Waals surface area contributed by atoms with Gasteiger partial charge in [0.05, 0.1) is 0 Å².